The first-order valence-corrected chi connectivity index (χ1v) is 4.99. The maximum atomic E-state index is 6.05. The van der Waals surface area contributed by atoms with Crippen LogP contribution in [0.3, 0.4) is 0 Å². The fraction of sp³-hybridized carbons (Fsp3) is 0. The van der Waals surface area contributed by atoms with Crippen molar-refractivity contribution < 1.29 is 0 Å². The van der Waals surface area contributed by atoms with Crippen LogP contribution in [0.4, 0.5) is 5.69 Å². The van der Waals surface area contributed by atoms with Crippen LogP contribution in [-0.2, 0) is 0 Å². The molecule has 0 heterocycles. The van der Waals surface area contributed by atoms with Crippen LogP contribution in [-0.4, -0.2) is 0 Å². The third-order valence-corrected chi connectivity index (χ3v) is 2.95. The minimum atomic E-state index is 0.719. The Hall–Kier alpha value is -0.730. The molecule has 0 bridgehead atoms. The summed E-state index contributed by atoms with van der Waals surface area (Å²) < 4.78 is 0.844. The van der Waals surface area contributed by atoms with Crippen molar-refractivity contribution in [1.82, 2.24) is 0 Å². The Morgan fingerprint density at radius 1 is 1.15 bits per heavy atom. The van der Waals surface area contributed by atoms with Crippen LogP contribution in [0, 0.1) is 0 Å². The van der Waals surface area contributed by atoms with Gasteiger partial charge in [0.15, 0.2) is 0 Å². The summed E-state index contributed by atoms with van der Waals surface area (Å²) in [6, 6.07) is 9.63. The summed E-state index contributed by atoms with van der Waals surface area (Å²) in [6.45, 7) is 0. The minimum absolute atomic E-state index is 0.719. The fourth-order valence-corrected chi connectivity index (χ4v) is 2.17. The van der Waals surface area contributed by atoms with E-state index in [1.165, 1.54) is 0 Å². The van der Waals surface area contributed by atoms with Gasteiger partial charge >= 0.3 is 0 Å². The number of fused-ring (bicyclic) bond motifs is 1. The third-order valence-electron chi connectivity index (χ3n) is 1.99. The van der Waals surface area contributed by atoms with Crippen molar-refractivity contribution >= 4 is 44.0 Å². The Labute approximate surface area is 89.6 Å². The predicted molar refractivity (Wildman–Crippen MR) is 61.1 cm³/mol. The summed E-state index contributed by atoms with van der Waals surface area (Å²) in [7, 11) is 0. The zero-order valence-corrected chi connectivity index (χ0v) is 9.06. The van der Waals surface area contributed by atoms with E-state index in [9.17, 15) is 0 Å². The van der Waals surface area contributed by atoms with E-state index in [0.717, 1.165) is 26.0 Å². The molecule has 3 heteroatoms. The molecule has 0 radical (unpaired) electrons. The van der Waals surface area contributed by atoms with Gasteiger partial charge in [-0.15, -0.1) is 0 Å². The SMILES string of the molecule is Nc1c(Br)cc(Cl)c2ccccc12. The van der Waals surface area contributed by atoms with Crippen molar-refractivity contribution in [2.75, 3.05) is 5.73 Å². The summed E-state index contributed by atoms with van der Waals surface area (Å²) >= 11 is 9.41. The Morgan fingerprint density at radius 3 is 2.46 bits per heavy atom. The normalized spacial score (nSPS) is 10.6. The summed E-state index contributed by atoms with van der Waals surface area (Å²) in [5.74, 6) is 0. The first-order valence-electron chi connectivity index (χ1n) is 3.82. The molecule has 2 aromatic carbocycles. The molecule has 13 heavy (non-hydrogen) atoms. The van der Waals surface area contributed by atoms with Gasteiger partial charge in [0, 0.05) is 20.3 Å². The molecule has 0 fully saturated rings. The number of anilines is 1. The van der Waals surface area contributed by atoms with Gasteiger partial charge in [-0.2, -0.15) is 0 Å². The molecule has 0 amide bonds. The lowest BCUT2D eigenvalue weighted by Crippen LogP contribution is -1.88. The van der Waals surface area contributed by atoms with Crippen LogP contribution in [0.5, 0.6) is 0 Å². The summed E-state index contributed by atoms with van der Waals surface area (Å²) in [4.78, 5) is 0. The highest BCUT2D eigenvalue weighted by molar-refractivity contribution is 9.10. The minimum Gasteiger partial charge on any atom is -0.397 e. The lowest BCUT2D eigenvalue weighted by molar-refractivity contribution is 1.68. The zero-order chi connectivity index (χ0) is 9.42. The molecule has 1 nitrogen and oxygen atoms in total. The molecule has 2 aromatic rings. The average molecular weight is 257 g/mol. The predicted octanol–water partition coefficient (Wildman–Crippen LogP) is 3.84. The first-order chi connectivity index (χ1) is 6.20. The molecule has 0 aliphatic heterocycles. The smallest absolute Gasteiger partial charge is 0.0539 e. The van der Waals surface area contributed by atoms with Crippen LogP contribution in [0.1, 0.15) is 0 Å². The van der Waals surface area contributed by atoms with Gasteiger partial charge in [0.1, 0.15) is 0 Å². The zero-order valence-electron chi connectivity index (χ0n) is 6.72. The molecular formula is C10H7BrClN. The van der Waals surface area contributed by atoms with Crippen LogP contribution in [0.15, 0.2) is 34.8 Å². The summed E-state index contributed by atoms with van der Waals surface area (Å²) in [5.41, 5.74) is 6.62. The van der Waals surface area contributed by atoms with Gasteiger partial charge in [-0.3, -0.25) is 0 Å². The molecule has 2 rings (SSSR count). The van der Waals surface area contributed by atoms with Gasteiger partial charge in [0.2, 0.25) is 0 Å². The first kappa shape index (κ1) is 8.85. The molecule has 0 spiro atoms. The molecule has 0 unspecified atom stereocenters. The van der Waals surface area contributed by atoms with Gasteiger partial charge in [0.25, 0.3) is 0 Å². The van der Waals surface area contributed by atoms with Crippen molar-refractivity contribution in [3.05, 3.63) is 39.8 Å². The molecule has 0 aliphatic rings. The second-order valence-electron chi connectivity index (χ2n) is 2.80. The topological polar surface area (TPSA) is 26.0 Å². The number of rotatable bonds is 0. The number of halogens is 2. The second kappa shape index (κ2) is 3.20. The van der Waals surface area contributed by atoms with E-state index >= 15 is 0 Å². The van der Waals surface area contributed by atoms with E-state index in [1.54, 1.807) is 0 Å². The second-order valence-corrected chi connectivity index (χ2v) is 4.06. The van der Waals surface area contributed by atoms with Gasteiger partial charge in [-0.05, 0) is 22.0 Å². The standard InChI is InChI=1S/C10H7BrClN/c11-8-5-9(12)6-3-1-2-4-7(6)10(8)13/h1-5H,13H2. The van der Waals surface area contributed by atoms with Crippen molar-refractivity contribution in [3.63, 3.8) is 0 Å². The monoisotopic (exact) mass is 255 g/mol. The highest BCUT2D eigenvalue weighted by atomic mass is 79.9. The van der Waals surface area contributed by atoms with Gasteiger partial charge in [-0.25, -0.2) is 0 Å². The quantitative estimate of drug-likeness (QED) is 0.712. The molecule has 66 valence electrons. The fourth-order valence-electron chi connectivity index (χ4n) is 1.32. The van der Waals surface area contributed by atoms with Crippen LogP contribution in [0.25, 0.3) is 10.8 Å². The highest BCUT2D eigenvalue weighted by Crippen LogP contribution is 2.34. The summed E-state index contributed by atoms with van der Waals surface area (Å²) in [5, 5.41) is 2.70. The van der Waals surface area contributed by atoms with E-state index in [-0.39, 0.29) is 0 Å². The Bertz CT molecular complexity index is 468. The molecule has 0 saturated heterocycles. The number of hydrogen-bond acceptors (Lipinski definition) is 1. The van der Waals surface area contributed by atoms with E-state index in [1.807, 2.05) is 30.3 Å². The van der Waals surface area contributed by atoms with Crippen molar-refractivity contribution in [2.45, 2.75) is 0 Å². The van der Waals surface area contributed by atoms with Gasteiger partial charge in [-0.1, -0.05) is 35.9 Å². The lowest BCUT2D eigenvalue weighted by atomic mass is 10.1. The molecule has 0 aromatic heterocycles. The maximum absolute atomic E-state index is 6.05. The maximum Gasteiger partial charge on any atom is 0.0539 e. The number of nitrogen functional groups attached to an aromatic ring is 1. The van der Waals surface area contributed by atoms with Crippen molar-refractivity contribution in [2.24, 2.45) is 0 Å². The molecule has 0 atom stereocenters. The molecule has 2 N–H and O–H groups in total. The van der Waals surface area contributed by atoms with Crippen LogP contribution in [0.2, 0.25) is 5.02 Å². The van der Waals surface area contributed by atoms with Crippen LogP contribution >= 0.6 is 27.5 Å². The van der Waals surface area contributed by atoms with Gasteiger partial charge in [0.05, 0.1) is 5.69 Å². The molecule has 0 saturated carbocycles. The van der Waals surface area contributed by atoms with Gasteiger partial charge < -0.3 is 5.73 Å². The lowest BCUT2D eigenvalue weighted by Gasteiger charge is -2.05. The average Bonchev–Trinajstić information content (AvgIpc) is 2.15. The number of hydrogen-bond donors (Lipinski definition) is 1. The Morgan fingerprint density at radius 2 is 1.77 bits per heavy atom. The van der Waals surface area contributed by atoms with E-state index < -0.39 is 0 Å². The molecular weight excluding hydrogens is 249 g/mol. The van der Waals surface area contributed by atoms with Crippen LogP contribution < -0.4 is 5.73 Å². The Kier molecular flexibility index (Phi) is 2.18. The highest BCUT2D eigenvalue weighted by Gasteiger charge is 2.05. The molecule has 0 aliphatic carbocycles. The summed E-state index contributed by atoms with van der Waals surface area (Å²) in [6.07, 6.45) is 0. The number of benzene rings is 2. The third kappa shape index (κ3) is 1.40. The number of nitrogens with two attached hydrogens (primary N) is 1. The van der Waals surface area contributed by atoms with Crippen molar-refractivity contribution in [1.29, 1.82) is 0 Å². The Balaban J connectivity index is 2.97. The van der Waals surface area contributed by atoms with E-state index in [2.05, 4.69) is 15.9 Å². The van der Waals surface area contributed by atoms with E-state index in [4.69, 9.17) is 17.3 Å². The largest absolute Gasteiger partial charge is 0.397 e. The van der Waals surface area contributed by atoms with E-state index in [0.29, 0.717) is 0 Å². The van der Waals surface area contributed by atoms with Crippen molar-refractivity contribution in [3.8, 4) is 0 Å².